The number of carboxylic acid groups (broad SMARTS) is 1. The molecule has 0 saturated heterocycles. The van der Waals surface area contributed by atoms with E-state index in [0.29, 0.717) is 0 Å². The molecular formula is C10H17ClO2. The van der Waals surface area contributed by atoms with Crippen LogP contribution in [0, 0.1) is 0 Å². The van der Waals surface area contributed by atoms with Gasteiger partial charge in [0.25, 0.3) is 0 Å². The zero-order valence-corrected chi connectivity index (χ0v) is 8.59. The van der Waals surface area contributed by atoms with Gasteiger partial charge in [-0.2, -0.15) is 0 Å². The first-order valence-electron chi connectivity index (χ1n) is 4.70. The number of unbranched alkanes of at least 4 members (excludes halogenated alkanes) is 4. The van der Waals surface area contributed by atoms with Gasteiger partial charge in [-0.05, 0) is 19.3 Å². The molecule has 0 atom stereocenters. The highest BCUT2D eigenvalue weighted by Gasteiger charge is 1.89. The van der Waals surface area contributed by atoms with Crippen molar-refractivity contribution in [3.05, 3.63) is 12.2 Å². The molecule has 0 radical (unpaired) electrons. The summed E-state index contributed by atoms with van der Waals surface area (Å²) in [5.41, 5.74) is 0. The summed E-state index contributed by atoms with van der Waals surface area (Å²) in [4.78, 5) is 10.1. The van der Waals surface area contributed by atoms with Crippen LogP contribution in [0.15, 0.2) is 12.2 Å². The maximum atomic E-state index is 10.1. The third-order valence-electron chi connectivity index (χ3n) is 1.71. The van der Waals surface area contributed by atoms with Crippen LogP contribution < -0.4 is 0 Å². The molecule has 76 valence electrons. The highest BCUT2D eigenvalue weighted by atomic mass is 35.5. The van der Waals surface area contributed by atoms with Crippen LogP contribution in [0.5, 0.6) is 0 Å². The van der Waals surface area contributed by atoms with E-state index in [9.17, 15) is 4.79 Å². The van der Waals surface area contributed by atoms with E-state index in [4.69, 9.17) is 16.7 Å². The Balaban J connectivity index is 3.06. The maximum absolute atomic E-state index is 10.1. The van der Waals surface area contributed by atoms with Crippen LogP contribution in [0.25, 0.3) is 0 Å². The van der Waals surface area contributed by atoms with Gasteiger partial charge >= 0.3 is 5.97 Å². The average Bonchev–Trinajstić information content (AvgIpc) is 2.09. The number of carboxylic acids is 1. The van der Waals surface area contributed by atoms with Crippen molar-refractivity contribution in [2.75, 3.05) is 5.88 Å². The molecule has 13 heavy (non-hydrogen) atoms. The largest absolute Gasteiger partial charge is 0.481 e. The molecule has 0 amide bonds. The fourth-order valence-corrected chi connectivity index (χ4v) is 1.20. The number of carbonyl (C=O) groups is 1. The van der Waals surface area contributed by atoms with Crippen molar-refractivity contribution in [2.45, 2.75) is 38.5 Å². The Morgan fingerprint density at radius 2 is 1.85 bits per heavy atom. The van der Waals surface area contributed by atoms with Gasteiger partial charge in [-0.3, -0.25) is 4.79 Å². The van der Waals surface area contributed by atoms with Crippen molar-refractivity contribution in [3.8, 4) is 0 Å². The normalized spacial score (nSPS) is 10.8. The van der Waals surface area contributed by atoms with Gasteiger partial charge in [0.2, 0.25) is 0 Å². The first-order valence-corrected chi connectivity index (χ1v) is 5.23. The molecule has 0 unspecified atom stereocenters. The van der Waals surface area contributed by atoms with Crippen LogP contribution in [-0.4, -0.2) is 17.0 Å². The molecule has 0 aliphatic carbocycles. The molecule has 3 heteroatoms. The van der Waals surface area contributed by atoms with E-state index in [1.165, 1.54) is 12.8 Å². The third-order valence-corrected chi connectivity index (χ3v) is 1.98. The molecule has 2 nitrogen and oxygen atoms in total. The first-order chi connectivity index (χ1) is 6.27. The Hall–Kier alpha value is -0.500. The summed E-state index contributed by atoms with van der Waals surface area (Å²) >= 11 is 5.52. The number of allylic oxidation sites excluding steroid dienone is 1. The quantitative estimate of drug-likeness (QED) is 0.375. The van der Waals surface area contributed by atoms with Crippen molar-refractivity contribution >= 4 is 17.6 Å². The van der Waals surface area contributed by atoms with Gasteiger partial charge in [-0.25, -0.2) is 0 Å². The van der Waals surface area contributed by atoms with Crippen molar-refractivity contribution in [1.29, 1.82) is 0 Å². The second-order valence-corrected chi connectivity index (χ2v) is 3.34. The molecule has 0 rings (SSSR count). The number of halogens is 1. The van der Waals surface area contributed by atoms with Gasteiger partial charge in [-0.15, -0.1) is 11.6 Å². The van der Waals surface area contributed by atoms with Crippen LogP contribution >= 0.6 is 11.6 Å². The summed E-state index contributed by atoms with van der Waals surface area (Å²) in [6.45, 7) is 0. The summed E-state index contributed by atoms with van der Waals surface area (Å²) in [5.74, 6) is -0.0205. The lowest BCUT2D eigenvalue weighted by Crippen LogP contribution is -1.89. The van der Waals surface area contributed by atoms with Crippen LogP contribution in [0.1, 0.15) is 38.5 Å². The second kappa shape index (κ2) is 9.59. The van der Waals surface area contributed by atoms with Crippen molar-refractivity contribution in [1.82, 2.24) is 0 Å². The number of rotatable bonds is 8. The fraction of sp³-hybridized carbons (Fsp3) is 0.700. The number of alkyl halides is 1. The van der Waals surface area contributed by atoms with Gasteiger partial charge in [0.1, 0.15) is 0 Å². The number of hydrogen-bond acceptors (Lipinski definition) is 1. The smallest absolute Gasteiger partial charge is 0.307 e. The second-order valence-electron chi connectivity index (χ2n) is 2.96. The molecule has 0 fully saturated rings. The maximum Gasteiger partial charge on any atom is 0.307 e. The molecule has 0 aliphatic rings. The summed E-state index contributed by atoms with van der Waals surface area (Å²) in [7, 11) is 0. The molecule has 0 aliphatic heterocycles. The lowest BCUT2D eigenvalue weighted by Gasteiger charge is -1.94. The van der Waals surface area contributed by atoms with Gasteiger partial charge in [0.15, 0.2) is 0 Å². The summed E-state index contributed by atoms with van der Waals surface area (Å²) < 4.78 is 0. The van der Waals surface area contributed by atoms with Crippen LogP contribution in [0.3, 0.4) is 0 Å². The minimum atomic E-state index is -0.765. The molecule has 0 spiro atoms. The monoisotopic (exact) mass is 204 g/mol. The molecule has 0 aromatic rings. The molecular weight excluding hydrogens is 188 g/mol. The van der Waals surface area contributed by atoms with E-state index in [-0.39, 0.29) is 6.42 Å². The Labute approximate surface area is 84.6 Å². The third kappa shape index (κ3) is 11.5. The van der Waals surface area contributed by atoms with E-state index in [1.54, 1.807) is 6.08 Å². The molecule has 1 N–H and O–H groups in total. The van der Waals surface area contributed by atoms with Gasteiger partial charge < -0.3 is 5.11 Å². The first kappa shape index (κ1) is 12.5. The standard InChI is InChI=1S/C10H17ClO2/c11-9-7-5-3-1-2-4-6-8-10(12)13/h4,6H,1-3,5,7-9H2,(H,12,13). The molecule has 0 saturated carbocycles. The van der Waals surface area contributed by atoms with Gasteiger partial charge in [-0.1, -0.05) is 25.0 Å². The highest BCUT2D eigenvalue weighted by molar-refractivity contribution is 6.17. The van der Waals surface area contributed by atoms with Gasteiger partial charge in [0, 0.05) is 5.88 Å². The molecule has 0 bridgehead atoms. The zero-order chi connectivity index (χ0) is 9.94. The van der Waals surface area contributed by atoms with E-state index in [2.05, 4.69) is 0 Å². The summed E-state index contributed by atoms with van der Waals surface area (Å²) in [6, 6.07) is 0. The Morgan fingerprint density at radius 1 is 1.15 bits per heavy atom. The van der Waals surface area contributed by atoms with Crippen LogP contribution in [0.4, 0.5) is 0 Å². The SMILES string of the molecule is O=C(O)CC=CCCCCCCCl. The number of aliphatic carboxylic acids is 1. The molecule has 0 aromatic carbocycles. The Kier molecular flexibility index (Phi) is 9.22. The van der Waals surface area contributed by atoms with Crippen molar-refractivity contribution in [3.63, 3.8) is 0 Å². The summed E-state index contributed by atoms with van der Waals surface area (Å²) in [6.07, 6.45) is 9.35. The van der Waals surface area contributed by atoms with E-state index < -0.39 is 5.97 Å². The fourth-order valence-electron chi connectivity index (χ4n) is 1.01. The van der Waals surface area contributed by atoms with Crippen molar-refractivity contribution < 1.29 is 9.90 Å². The predicted octanol–water partition coefficient (Wildman–Crippen LogP) is 3.21. The van der Waals surface area contributed by atoms with Crippen LogP contribution in [0.2, 0.25) is 0 Å². The van der Waals surface area contributed by atoms with Crippen LogP contribution in [-0.2, 0) is 4.79 Å². The Bertz CT molecular complexity index is 155. The highest BCUT2D eigenvalue weighted by Crippen LogP contribution is 2.04. The number of hydrogen-bond donors (Lipinski definition) is 1. The van der Waals surface area contributed by atoms with E-state index in [0.717, 1.165) is 25.1 Å². The zero-order valence-electron chi connectivity index (χ0n) is 7.84. The van der Waals surface area contributed by atoms with E-state index in [1.807, 2.05) is 6.08 Å². The lowest BCUT2D eigenvalue weighted by atomic mass is 10.1. The molecule has 0 aromatic heterocycles. The minimum absolute atomic E-state index is 0.141. The van der Waals surface area contributed by atoms with Gasteiger partial charge in [0.05, 0.1) is 6.42 Å². The van der Waals surface area contributed by atoms with E-state index >= 15 is 0 Å². The average molecular weight is 205 g/mol. The topological polar surface area (TPSA) is 37.3 Å². The Morgan fingerprint density at radius 3 is 2.46 bits per heavy atom. The lowest BCUT2D eigenvalue weighted by molar-refractivity contribution is -0.136. The summed E-state index contributed by atoms with van der Waals surface area (Å²) in [5, 5.41) is 8.32. The predicted molar refractivity (Wildman–Crippen MR) is 55.2 cm³/mol. The molecule has 0 heterocycles. The van der Waals surface area contributed by atoms with Crippen molar-refractivity contribution in [2.24, 2.45) is 0 Å². The minimum Gasteiger partial charge on any atom is -0.481 e.